The number of hydrogen-bond acceptors (Lipinski definition) is 0. The van der Waals surface area contributed by atoms with Crippen LogP contribution in [0.25, 0.3) is 0 Å². The van der Waals surface area contributed by atoms with Crippen LogP contribution >= 0.6 is 15.9 Å². The molecule has 0 saturated heterocycles. The lowest BCUT2D eigenvalue weighted by molar-refractivity contribution is 0.545. The van der Waals surface area contributed by atoms with Crippen LogP contribution in [0.5, 0.6) is 0 Å². The van der Waals surface area contributed by atoms with Gasteiger partial charge < -0.3 is 0 Å². The van der Waals surface area contributed by atoms with Gasteiger partial charge in [0.1, 0.15) is 0 Å². The van der Waals surface area contributed by atoms with Gasteiger partial charge in [0.05, 0.1) is 0 Å². The number of rotatable bonds is 3. The molecule has 0 amide bonds. The Labute approximate surface area is 71.8 Å². The molecule has 0 N–H and O–H groups in total. The molecule has 0 heterocycles. The second kappa shape index (κ2) is 4.17. The van der Waals surface area contributed by atoms with Crippen molar-refractivity contribution in [3.8, 4) is 0 Å². The molecular weight excluding hydrogens is 188 g/mol. The van der Waals surface area contributed by atoms with Gasteiger partial charge in [-0.1, -0.05) is 53.8 Å². The second-order valence-corrected chi connectivity index (χ2v) is 3.80. The number of hydrogen-bond donors (Lipinski definition) is 0. The summed E-state index contributed by atoms with van der Waals surface area (Å²) in [5.41, 5.74) is 1.37. The highest BCUT2D eigenvalue weighted by molar-refractivity contribution is 9.09. The molecule has 10 heavy (non-hydrogen) atoms. The molecule has 58 valence electrons. The summed E-state index contributed by atoms with van der Waals surface area (Å²) in [7, 11) is 0. The second-order valence-electron chi connectivity index (χ2n) is 3.24. The molecule has 0 aromatic rings. The molecule has 1 heteroatoms. The third kappa shape index (κ3) is 2.45. The minimum Gasteiger partial charge on any atom is -0.0990 e. The average molecular weight is 203 g/mol. The highest BCUT2D eigenvalue weighted by atomic mass is 79.9. The summed E-state index contributed by atoms with van der Waals surface area (Å²) < 4.78 is 0. The summed E-state index contributed by atoms with van der Waals surface area (Å²) in [6, 6.07) is 0. The van der Waals surface area contributed by atoms with Gasteiger partial charge in [-0.05, 0) is 12.3 Å². The summed E-state index contributed by atoms with van der Waals surface area (Å²) >= 11 is 3.42. The molecule has 0 spiro atoms. The van der Waals surface area contributed by atoms with Crippen molar-refractivity contribution in [3.63, 3.8) is 0 Å². The van der Waals surface area contributed by atoms with Crippen LogP contribution < -0.4 is 0 Å². The van der Waals surface area contributed by atoms with E-state index in [1.807, 2.05) is 0 Å². The molecule has 0 atom stereocenters. The van der Waals surface area contributed by atoms with Gasteiger partial charge in [0, 0.05) is 5.33 Å². The maximum Gasteiger partial charge on any atom is 0.0239 e. The summed E-state index contributed by atoms with van der Waals surface area (Å²) in [6.07, 6.45) is 7.02. The summed E-state index contributed by atoms with van der Waals surface area (Å²) in [5.74, 6) is 0.963. The van der Waals surface area contributed by atoms with E-state index in [9.17, 15) is 0 Å². The normalized spacial score (nSPS) is 19.7. The molecule has 0 aromatic heterocycles. The molecule has 1 aliphatic carbocycles. The Morgan fingerprint density at radius 2 is 2.00 bits per heavy atom. The van der Waals surface area contributed by atoms with Crippen molar-refractivity contribution in [3.05, 3.63) is 12.2 Å². The van der Waals surface area contributed by atoms with Crippen molar-refractivity contribution in [1.29, 1.82) is 0 Å². The van der Waals surface area contributed by atoms with Gasteiger partial charge >= 0.3 is 0 Å². The summed E-state index contributed by atoms with van der Waals surface area (Å²) in [6.45, 7) is 3.99. The Hall–Kier alpha value is 0.220. The fourth-order valence-corrected chi connectivity index (χ4v) is 1.91. The van der Waals surface area contributed by atoms with Gasteiger partial charge in [0.15, 0.2) is 0 Å². The zero-order valence-electron chi connectivity index (χ0n) is 6.41. The quantitative estimate of drug-likeness (QED) is 0.486. The number of alkyl halides is 1. The van der Waals surface area contributed by atoms with E-state index in [-0.39, 0.29) is 0 Å². The van der Waals surface area contributed by atoms with Crippen molar-refractivity contribution in [2.75, 3.05) is 5.33 Å². The predicted octanol–water partition coefficient (Wildman–Crippen LogP) is 3.52. The largest absolute Gasteiger partial charge is 0.0990 e. The van der Waals surface area contributed by atoms with E-state index in [1.54, 1.807) is 0 Å². The van der Waals surface area contributed by atoms with Crippen LogP contribution in [0.4, 0.5) is 0 Å². The smallest absolute Gasteiger partial charge is 0.0239 e. The average Bonchev–Trinajstić information content (AvgIpc) is 2.40. The summed E-state index contributed by atoms with van der Waals surface area (Å²) in [5, 5.41) is 0.990. The SMILES string of the molecule is C=C(CBr)CC1CCCC1. The Bertz CT molecular complexity index is 112. The highest BCUT2D eigenvalue weighted by Gasteiger charge is 2.14. The minimum atomic E-state index is 0.963. The summed E-state index contributed by atoms with van der Waals surface area (Å²) in [4.78, 5) is 0. The van der Waals surface area contributed by atoms with Crippen LogP contribution in [0.1, 0.15) is 32.1 Å². The van der Waals surface area contributed by atoms with E-state index in [4.69, 9.17) is 0 Å². The van der Waals surface area contributed by atoms with Crippen LogP contribution in [0.3, 0.4) is 0 Å². The number of allylic oxidation sites excluding steroid dienone is 1. The monoisotopic (exact) mass is 202 g/mol. The zero-order chi connectivity index (χ0) is 7.40. The van der Waals surface area contributed by atoms with Crippen LogP contribution in [0.2, 0.25) is 0 Å². The molecule has 1 saturated carbocycles. The fourth-order valence-electron chi connectivity index (χ4n) is 1.68. The Kier molecular flexibility index (Phi) is 3.47. The van der Waals surface area contributed by atoms with Gasteiger partial charge in [-0.3, -0.25) is 0 Å². The van der Waals surface area contributed by atoms with Crippen molar-refractivity contribution in [2.45, 2.75) is 32.1 Å². The Balaban J connectivity index is 2.17. The Morgan fingerprint density at radius 3 is 2.50 bits per heavy atom. The van der Waals surface area contributed by atoms with E-state index in [1.165, 1.54) is 37.7 Å². The lowest BCUT2D eigenvalue weighted by Crippen LogP contribution is -1.95. The molecule has 0 aliphatic heterocycles. The van der Waals surface area contributed by atoms with E-state index >= 15 is 0 Å². The van der Waals surface area contributed by atoms with Crippen LogP contribution in [-0.4, -0.2) is 5.33 Å². The van der Waals surface area contributed by atoms with Crippen molar-refractivity contribution < 1.29 is 0 Å². The molecule has 0 nitrogen and oxygen atoms in total. The van der Waals surface area contributed by atoms with Crippen molar-refractivity contribution in [2.24, 2.45) is 5.92 Å². The van der Waals surface area contributed by atoms with Crippen molar-refractivity contribution in [1.82, 2.24) is 0 Å². The van der Waals surface area contributed by atoms with Gasteiger partial charge in [-0.15, -0.1) is 0 Å². The highest BCUT2D eigenvalue weighted by Crippen LogP contribution is 2.29. The molecule has 0 radical (unpaired) electrons. The molecule has 1 fully saturated rings. The molecule has 0 aromatic carbocycles. The van der Waals surface area contributed by atoms with Crippen LogP contribution in [-0.2, 0) is 0 Å². The molecule has 1 rings (SSSR count). The first-order valence-electron chi connectivity index (χ1n) is 4.05. The number of halogens is 1. The Morgan fingerprint density at radius 1 is 1.40 bits per heavy atom. The maximum absolute atomic E-state index is 3.99. The first-order chi connectivity index (χ1) is 4.83. The van der Waals surface area contributed by atoms with Crippen LogP contribution in [0, 0.1) is 5.92 Å². The van der Waals surface area contributed by atoms with Gasteiger partial charge in [-0.2, -0.15) is 0 Å². The fraction of sp³-hybridized carbons (Fsp3) is 0.778. The molecular formula is C9H15Br. The zero-order valence-corrected chi connectivity index (χ0v) is 7.99. The van der Waals surface area contributed by atoms with Crippen LogP contribution in [0.15, 0.2) is 12.2 Å². The van der Waals surface area contributed by atoms with Gasteiger partial charge in [-0.25, -0.2) is 0 Å². The van der Waals surface area contributed by atoms with E-state index in [0.717, 1.165) is 11.2 Å². The standard InChI is InChI=1S/C9H15Br/c1-8(7-10)6-9-4-2-3-5-9/h9H,1-7H2. The lowest BCUT2D eigenvalue weighted by Gasteiger charge is -2.08. The van der Waals surface area contributed by atoms with E-state index < -0.39 is 0 Å². The maximum atomic E-state index is 3.99. The minimum absolute atomic E-state index is 0.963. The van der Waals surface area contributed by atoms with Crippen molar-refractivity contribution >= 4 is 15.9 Å². The predicted molar refractivity (Wildman–Crippen MR) is 49.5 cm³/mol. The van der Waals surface area contributed by atoms with E-state index in [2.05, 4.69) is 22.5 Å². The molecule has 1 aliphatic rings. The lowest BCUT2D eigenvalue weighted by atomic mass is 10.0. The first kappa shape index (κ1) is 8.32. The third-order valence-corrected chi connectivity index (χ3v) is 3.03. The molecule has 0 bridgehead atoms. The first-order valence-corrected chi connectivity index (χ1v) is 5.17. The van der Waals surface area contributed by atoms with Gasteiger partial charge in [0.25, 0.3) is 0 Å². The van der Waals surface area contributed by atoms with E-state index in [0.29, 0.717) is 0 Å². The van der Waals surface area contributed by atoms with Gasteiger partial charge in [0.2, 0.25) is 0 Å². The third-order valence-electron chi connectivity index (χ3n) is 2.24. The topological polar surface area (TPSA) is 0 Å². The molecule has 0 unspecified atom stereocenters.